The Morgan fingerprint density at radius 2 is 1.79 bits per heavy atom. The van der Waals surface area contributed by atoms with Gasteiger partial charge in [0, 0.05) is 16.1 Å². The van der Waals surface area contributed by atoms with Gasteiger partial charge in [0.1, 0.15) is 11.4 Å². The fourth-order valence-corrected chi connectivity index (χ4v) is 4.26. The molecule has 1 amide bonds. The Bertz CT molecular complexity index is 1230. The molecule has 0 aliphatic rings. The summed E-state index contributed by atoms with van der Waals surface area (Å²) >= 11 is 1.49. The summed E-state index contributed by atoms with van der Waals surface area (Å²) in [5.41, 5.74) is 3.38. The number of benzene rings is 2. The van der Waals surface area contributed by atoms with Gasteiger partial charge in [0.25, 0.3) is 5.56 Å². The van der Waals surface area contributed by atoms with E-state index in [0.717, 1.165) is 27.3 Å². The molecule has 1 N–H and O–H groups in total. The lowest BCUT2D eigenvalue weighted by molar-refractivity contribution is -0.116. The van der Waals surface area contributed by atoms with Crippen LogP contribution in [0.3, 0.4) is 0 Å². The normalized spacial score (nSPS) is 10.9. The number of para-hydroxylation sites is 1. The van der Waals surface area contributed by atoms with E-state index in [1.807, 2.05) is 68.4 Å². The number of amides is 1. The second kappa shape index (κ2) is 7.40. The quantitative estimate of drug-likeness (QED) is 0.563. The molecule has 0 saturated heterocycles. The third-order valence-electron chi connectivity index (χ3n) is 4.65. The first kappa shape index (κ1) is 18.1. The van der Waals surface area contributed by atoms with E-state index >= 15 is 0 Å². The Labute approximate surface area is 166 Å². The number of fused-ring (bicyclic) bond motifs is 1. The van der Waals surface area contributed by atoms with E-state index in [4.69, 9.17) is 0 Å². The minimum absolute atomic E-state index is 0.0841. The Balaban J connectivity index is 1.71. The van der Waals surface area contributed by atoms with Crippen LogP contribution >= 0.6 is 11.3 Å². The van der Waals surface area contributed by atoms with Crippen molar-refractivity contribution in [2.24, 2.45) is 0 Å². The van der Waals surface area contributed by atoms with Crippen molar-refractivity contribution >= 4 is 33.1 Å². The molecule has 0 unspecified atom stereocenters. The number of aromatic nitrogens is 2. The largest absolute Gasteiger partial charge is 0.324 e. The number of hydrogen-bond acceptors (Lipinski definition) is 4. The first-order valence-electron chi connectivity index (χ1n) is 8.94. The zero-order chi connectivity index (χ0) is 19.7. The van der Waals surface area contributed by atoms with Crippen molar-refractivity contribution in [2.45, 2.75) is 20.4 Å². The standard InChI is InChI=1S/C22H19N3O2S/c1-14-8-6-7-11-17(14)24-18(26)12-25-13-23-21-20(22(25)27)19(15(2)28-21)16-9-4-3-5-10-16/h3-11,13H,12H2,1-2H3,(H,24,26). The molecule has 2 heterocycles. The van der Waals surface area contributed by atoms with Gasteiger partial charge in [-0.3, -0.25) is 14.2 Å². The van der Waals surface area contributed by atoms with Crippen LogP contribution < -0.4 is 10.9 Å². The maximum Gasteiger partial charge on any atom is 0.263 e. The lowest BCUT2D eigenvalue weighted by atomic mass is 10.0. The number of anilines is 1. The maximum atomic E-state index is 13.1. The Hall–Kier alpha value is -3.25. The second-order valence-corrected chi connectivity index (χ2v) is 7.82. The number of nitrogens with zero attached hydrogens (tertiary/aromatic N) is 2. The van der Waals surface area contributed by atoms with E-state index in [1.165, 1.54) is 22.2 Å². The van der Waals surface area contributed by atoms with Gasteiger partial charge < -0.3 is 5.32 Å². The second-order valence-electron chi connectivity index (χ2n) is 6.62. The smallest absolute Gasteiger partial charge is 0.263 e. The first-order valence-corrected chi connectivity index (χ1v) is 9.75. The van der Waals surface area contributed by atoms with Crippen molar-refractivity contribution in [3.8, 4) is 11.1 Å². The van der Waals surface area contributed by atoms with Crippen molar-refractivity contribution in [1.29, 1.82) is 0 Å². The molecule has 140 valence electrons. The first-order chi connectivity index (χ1) is 13.5. The van der Waals surface area contributed by atoms with Gasteiger partial charge in [0.15, 0.2) is 0 Å². The summed E-state index contributed by atoms with van der Waals surface area (Å²) in [5, 5.41) is 3.43. The molecule has 6 heteroatoms. The van der Waals surface area contributed by atoms with Crippen LogP contribution in [0.5, 0.6) is 0 Å². The summed E-state index contributed by atoms with van der Waals surface area (Å²) in [4.78, 5) is 31.8. The number of thiophene rings is 1. The molecule has 0 bridgehead atoms. The maximum absolute atomic E-state index is 13.1. The van der Waals surface area contributed by atoms with Crippen molar-refractivity contribution in [3.05, 3.63) is 81.7 Å². The number of carbonyl (C=O) groups excluding carboxylic acids is 1. The van der Waals surface area contributed by atoms with Crippen molar-refractivity contribution < 1.29 is 4.79 Å². The number of rotatable bonds is 4. The van der Waals surface area contributed by atoms with Crippen molar-refractivity contribution in [1.82, 2.24) is 9.55 Å². The molecule has 4 aromatic rings. The minimum Gasteiger partial charge on any atom is -0.324 e. The predicted octanol–water partition coefficient (Wildman–Crippen LogP) is 4.38. The average molecular weight is 389 g/mol. The molecular formula is C22H19N3O2S. The van der Waals surface area contributed by atoms with Gasteiger partial charge in [-0.05, 0) is 31.0 Å². The highest BCUT2D eigenvalue weighted by Gasteiger charge is 2.17. The lowest BCUT2D eigenvalue weighted by Crippen LogP contribution is -2.28. The fraction of sp³-hybridized carbons (Fsp3) is 0.136. The lowest BCUT2D eigenvalue weighted by Gasteiger charge is -2.09. The molecule has 0 aliphatic heterocycles. The number of aryl methyl sites for hydroxylation is 2. The Kier molecular flexibility index (Phi) is 4.79. The molecule has 0 atom stereocenters. The highest BCUT2D eigenvalue weighted by atomic mass is 32.1. The monoisotopic (exact) mass is 389 g/mol. The van der Waals surface area contributed by atoms with E-state index in [0.29, 0.717) is 10.2 Å². The zero-order valence-corrected chi connectivity index (χ0v) is 16.4. The molecule has 0 radical (unpaired) electrons. The average Bonchev–Trinajstić information content (AvgIpc) is 3.03. The molecule has 2 aromatic carbocycles. The molecule has 0 aliphatic carbocycles. The van der Waals surface area contributed by atoms with Crippen LogP contribution in [-0.2, 0) is 11.3 Å². The van der Waals surface area contributed by atoms with E-state index in [1.54, 1.807) is 0 Å². The number of hydrogen-bond donors (Lipinski definition) is 1. The highest BCUT2D eigenvalue weighted by Crippen LogP contribution is 2.35. The van der Waals surface area contributed by atoms with Gasteiger partial charge in [-0.15, -0.1) is 11.3 Å². The summed E-state index contributed by atoms with van der Waals surface area (Å²) in [6, 6.07) is 17.3. The van der Waals surface area contributed by atoms with Crippen molar-refractivity contribution in [3.63, 3.8) is 0 Å². The van der Waals surface area contributed by atoms with Gasteiger partial charge in [-0.25, -0.2) is 4.98 Å². The molecule has 0 spiro atoms. The summed E-state index contributed by atoms with van der Waals surface area (Å²) in [6.45, 7) is 3.83. The van der Waals surface area contributed by atoms with E-state index < -0.39 is 0 Å². The third kappa shape index (κ3) is 3.34. The van der Waals surface area contributed by atoms with E-state index in [-0.39, 0.29) is 18.0 Å². The van der Waals surface area contributed by atoms with E-state index in [2.05, 4.69) is 10.3 Å². The topological polar surface area (TPSA) is 64.0 Å². The molecule has 5 nitrogen and oxygen atoms in total. The Morgan fingerprint density at radius 3 is 2.54 bits per heavy atom. The van der Waals surface area contributed by atoms with Gasteiger partial charge in [-0.1, -0.05) is 48.5 Å². The number of nitrogens with one attached hydrogen (secondary N) is 1. The SMILES string of the molecule is Cc1ccccc1NC(=O)Cn1cnc2sc(C)c(-c3ccccc3)c2c1=O. The summed E-state index contributed by atoms with van der Waals surface area (Å²) in [7, 11) is 0. The fourth-order valence-electron chi connectivity index (χ4n) is 3.26. The number of carbonyl (C=O) groups is 1. The molecular weight excluding hydrogens is 370 g/mol. The van der Waals surface area contributed by atoms with Gasteiger partial charge in [-0.2, -0.15) is 0 Å². The van der Waals surface area contributed by atoms with Gasteiger partial charge >= 0.3 is 0 Å². The summed E-state index contributed by atoms with van der Waals surface area (Å²) in [6.07, 6.45) is 1.45. The van der Waals surface area contributed by atoms with Crippen LogP contribution in [0.15, 0.2) is 65.7 Å². The summed E-state index contributed by atoms with van der Waals surface area (Å²) < 4.78 is 1.37. The van der Waals surface area contributed by atoms with Gasteiger partial charge in [0.2, 0.25) is 5.91 Å². The van der Waals surface area contributed by atoms with Crippen LogP contribution in [0, 0.1) is 13.8 Å². The zero-order valence-electron chi connectivity index (χ0n) is 15.6. The molecule has 0 fully saturated rings. The molecule has 28 heavy (non-hydrogen) atoms. The van der Waals surface area contributed by atoms with Crippen LogP contribution in [0.25, 0.3) is 21.3 Å². The van der Waals surface area contributed by atoms with Crippen LogP contribution in [0.4, 0.5) is 5.69 Å². The highest BCUT2D eigenvalue weighted by molar-refractivity contribution is 7.19. The minimum atomic E-state index is -0.259. The van der Waals surface area contributed by atoms with Crippen molar-refractivity contribution in [2.75, 3.05) is 5.32 Å². The Morgan fingerprint density at radius 1 is 1.07 bits per heavy atom. The van der Waals surface area contributed by atoms with Gasteiger partial charge in [0.05, 0.1) is 11.7 Å². The molecule has 4 rings (SSSR count). The third-order valence-corrected chi connectivity index (χ3v) is 5.66. The van der Waals surface area contributed by atoms with Crippen LogP contribution in [0.2, 0.25) is 0 Å². The predicted molar refractivity (Wildman–Crippen MR) is 114 cm³/mol. The van der Waals surface area contributed by atoms with Crippen LogP contribution in [0.1, 0.15) is 10.4 Å². The molecule has 2 aromatic heterocycles. The molecule has 0 saturated carbocycles. The van der Waals surface area contributed by atoms with Crippen LogP contribution in [-0.4, -0.2) is 15.5 Å². The summed E-state index contributed by atoms with van der Waals surface area (Å²) in [5.74, 6) is -0.259. The van der Waals surface area contributed by atoms with E-state index in [9.17, 15) is 9.59 Å².